The maximum atomic E-state index is 14.8. The summed E-state index contributed by atoms with van der Waals surface area (Å²) in [7, 11) is 0. The van der Waals surface area contributed by atoms with Crippen LogP contribution in [0.15, 0.2) is 103 Å². The van der Waals surface area contributed by atoms with E-state index >= 15 is 0 Å². The summed E-state index contributed by atoms with van der Waals surface area (Å²) in [5, 5.41) is 1.73. The quantitative estimate of drug-likeness (QED) is 0.216. The molecule has 0 fully saturated rings. The highest BCUT2D eigenvalue weighted by molar-refractivity contribution is 6.10. The Balaban J connectivity index is 1.57. The van der Waals surface area contributed by atoms with Crippen molar-refractivity contribution in [1.29, 1.82) is 0 Å². The first-order chi connectivity index (χ1) is 19.1. The summed E-state index contributed by atoms with van der Waals surface area (Å²) in [6.07, 6.45) is -4.56. The number of alkyl halides is 3. The first-order valence-corrected chi connectivity index (χ1v) is 13.3. The molecule has 40 heavy (non-hydrogen) atoms. The van der Waals surface area contributed by atoms with Gasteiger partial charge >= 0.3 is 6.18 Å². The van der Waals surface area contributed by atoms with Crippen molar-refractivity contribution >= 4 is 21.8 Å². The Labute approximate surface area is 230 Å². The highest BCUT2D eigenvalue weighted by Gasteiger charge is 2.38. The molecule has 0 aliphatic carbocycles. The average molecular weight is 534 g/mol. The molecular formula is C35H26F3NO. The van der Waals surface area contributed by atoms with Crippen LogP contribution < -0.4 is 4.74 Å². The number of halogens is 3. The van der Waals surface area contributed by atoms with E-state index in [1.807, 2.05) is 97.1 Å². The maximum Gasteiger partial charge on any atom is 0.418 e. The van der Waals surface area contributed by atoms with Gasteiger partial charge in [-0.05, 0) is 60.0 Å². The van der Waals surface area contributed by atoms with Gasteiger partial charge in [0.05, 0.1) is 22.3 Å². The summed E-state index contributed by atoms with van der Waals surface area (Å²) >= 11 is 0. The first kappa shape index (κ1) is 24.5. The van der Waals surface area contributed by atoms with Crippen molar-refractivity contribution in [3.05, 3.63) is 125 Å². The Kier molecular flexibility index (Phi) is 5.21. The summed E-state index contributed by atoms with van der Waals surface area (Å²) in [5.74, 6) is 1.53. The molecule has 2 nitrogen and oxygen atoms in total. The molecule has 0 saturated carbocycles. The monoisotopic (exact) mass is 533 g/mol. The number of para-hydroxylation sites is 2. The number of aryl methyl sites for hydroxylation is 1. The second-order valence-corrected chi connectivity index (χ2v) is 11.0. The fourth-order valence-corrected chi connectivity index (χ4v) is 6.23. The molecule has 0 unspecified atom stereocenters. The van der Waals surface area contributed by atoms with E-state index in [1.165, 1.54) is 6.07 Å². The molecule has 7 rings (SSSR count). The minimum Gasteiger partial charge on any atom is -0.457 e. The summed E-state index contributed by atoms with van der Waals surface area (Å²) in [6.45, 7) is 6.03. The number of nitrogens with zero attached hydrogens (tertiary/aromatic N) is 1. The molecule has 0 N–H and O–H groups in total. The van der Waals surface area contributed by atoms with Gasteiger partial charge in [0.2, 0.25) is 0 Å². The molecule has 198 valence electrons. The zero-order valence-corrected chi connectivity index (χ0v) is 22.3. The Morgan fingerprint density at radius 1 is 0.650 bits per heavy atom. The molecule has 0 bridgehead atoms. The van der Waals surface area contributed by atoms with Crippen LogP contribution in [-0.4, -0.2) is 4.57 Å². The van der Waals surface area contributed by atoms with Crippen LogP contribution in [0.1, 0.15) is 36.1 Å². The number of rotatable bonds is 2. The molecule has 0 radical (unpaired) electrons. The normalized spacial score (nSPS) is 14.2. The van der Waals surface area contributed by atoms with Crippen LogP contribution in [0.3, 0.4) is 0 Å². The molecule has 0 saturated heterocycles. The van der Waals surface area contributed by atoms with Gasteiger partial charge in [-0.3, -0.25) is 0 Å². The van der Waals surface area contributed by atoms with Crippen LogP contribution >= 0.6 is 0 Å². The van der Waals surface area contributed by atoms with Crippen molar-refractivity contribution in [3.8, 4) is 28.3 Å². The minimum absolute atomic E-state index is 0.147. The van der Waals surface area contributed by atoms with Crippen molar-refractivity contribution in [2.24, 2.45) is 0 Å². The van der Waals surface area contributed by atoms with Crippen molar-refractivity contribution in [1.82, 2.24) is 4.57 Å². The van der Waals surface area contributed by atoms with Crippen LogP contribution in [0.2, 0.25) is 0 Å². The lowest BCUT2D eigenvalue weighted by atomic mass is 9.75. The second-order valence-electron chi connectivity index (χ2n) is 11.0. The number of benzene rings is 5. The number of aromatic nitrogens is 1. The van der Waals surface area contributed by atoms with E-state index in [-0.39, 0.29) is 5.69 Å². The van der Waals surface area contributed by atoms with Crippen LogP contribution in [0.5, 0.6) is 11.5 Å². The van der Waals surface area contributed by atoms with Gasteiger partial charge in [-0.2, -0.15) is 13.2 Å². The van der Waals surface area contributed by atoms with E-state index in [0.717, 1.165) is 50.0 Å². The third kappa shape index (κ3) is 3.57. The zero-order chi connectivity index (χ0) is 27.8. The average Bonchev–Trinajstić information content (AvgIpc) is 3.25. The van der Waals surface area contributed by atoms with Crippen molar-refractivity contribution < 1.29 is 17.9 Å². The van der Waals surface area contributed by atoms with Crippen LogP contribution in [-0.2, 0) is 11.6 Å². The molecule has 6 aromatic rings. The van der Waals surface area contributed by atoms with E-state index in [4.69, 9.17) is 4.74 Å². The molecule has 1 aromatic heterocycles. The molecule has 5 heteroatoms. The third-order valence-corrected chi connectivity index (χ3v) is 8.16. The summed E-state index contributed by atoms with van der Waals surface area (Å²) < 4.78 is 52.7. The van der Waals surface area contributed by atoms with Crippen molar-refractivity contribution in [3.63, 3.8) is 0 Å². The first-order valence-electron chi connectivity index (χ1n) is 13.3. The van der Waals surface area contributed by atoms with Gasteiger partial charge in [-0.1, -0.05) is 80.6 Å². The van der Waals surface area contributed by atoms with Gasteiger partial charge in [0.25, 0.3) is 0 Å². The molecular weight excluding hydrogens is 507 g/mol. The topological polar surface area (TPSA) is 14.2 Å². The highest BCUT2D eigenvalue weighted by atomic mass is 19.4. The van der Waals surface area contributed by atoms with Gasteiger partial charge in [0, 0.05) is 27.3 Å². The van der Waals surface area contributed by atoms with E-state index in [2.05, 4.69) is 13.8 Å². The molecule has 1 aliphatic rings. The molecule has 0 atom stereocenters. The molecule has 1 aliphatic heterocycles. The number of ether oxygens (including phenoxy) is 1. The molecule has 0 amide bonds. The maximum absolute atomic E-state index is 14.8. The number of hydrogen-bond donors (Lipinski definition) is 0. The summed E-state index contributed by atoms with van der Waals surface area (Å²) in [5.41, 5.74) is 4.34. The van der Waals surface area contributed by atoms with Gasteiger partial charge in [-0.15, -0.1) is 0 Å². The Hall–Kier alpha value is -4.51. The van der Waals surface area contributed by atoms with Crippen LogP contribution in [0, 0.1) is 6.92 Å². The number of fused-ring (bicyclic) bond motifs is 5. The third-order valence-electron chi connectivity index (χ3n) is 8.16. The van der Waals surface area contributed by atoms with Crippen molar-refractivity contribution in [2.75, 3.05) is 0 Å². The van der Waals surface area contributed by atoms with Crippen LogP contribution in [0.4, 0.5) is 13.2 Å². The van der Waals surface area contributed by atoms with E-state index in [0.29, 0.717) is 11.1 Å². The lowest BCUT2D eigenvalue weighted by Crippen LogP contribution is -2.24. The predicted molar refractivity (Wildman–Crippen MR) is 155 cm³/mol. The SMILES string of the molecule is Cc1cc(-c2ccccc2)cc(C(F)(F)F)c1-n1c2ccccc2c2cc3c(cc21)C(C)(C)c1ccccc1O3. The minimum atomic E-state index is -4.56. The Morgan fingerprint density at radius 2 is 1.35 bits per heavy atom. The van der Waals surface area contributed by atoms with Gasteiger partial charge in [0.1, 0.15) is 11.5 Å². The molecule has 2 heterocycles. The highest BCUT2D eigenvalue weighted by Crippen LogP contribution is 2.51. The van der Waals surface area contributed by atoms with E-state index < -0.39 is 17.2 Å². The second kappa shape index (κ2) is 8.49. The smallest absolute Gasteiger partial charge is 0.418 e. The zero-order valence-electron chi connectivity index (χ0n) is 22.3. The molecule has 5 aromatic carbocycles. The summed E-state index contributed by atoms with van der Waals surface area (Å²) in [4.78, 5) is 0. The van der Waals surface area contributed by atoms with E-state index in [1.54, 1.807) is 11.5 Å². The Morgan fingerprint density at radius 3 is 2.12 bits per heavy atom. The summed E-state index contributed by atoms with van der Waals surface area (Å²) in [6, 6.07) is 31.9. The Bertz CT molecular complexity index is 1950. The fourth-order valence-electron chi connectivity index (χ4n) is 6.23. The molecule has 0 spiro atoms. The standard InChI is InChI=1S/C35H26F3NO/c1-21-17-23(22-11-5-4-6-12-22)18-28(35(36,37)38)33(21)39-29-15-9-7-13-24(29)25-19-32-27(20-30(25)39)34(2,3)26-14-8-10-16-31(26)40-32/h4-20H,1-3H3. The van der Waals surface area contributed by atoms with E-state index in [9.17, 15) is 13.2 Å². The lowest BCUT2D eigenvalue weighted by Gasteiger charge is -2.34. The fraction of sp³-hybridized carbons (Fsp3) is 0.143. The van der Waals surface area contributed by atoms with Gasteiger partial charge < -0.3 is 9.30 Å². The number of hydrogen-bond acceptors (Lipinski definition) is 1. The van der Waals surface area contributed by atoms with Crippen LogP contribution in [0.25, 0.3) is 38.6 Å². The van der Waals surface area contributed by atoms with Crippen molar-refractivity contribution in [2.45, 2.75) is 32.4 Å². The van der Waals surface area contributed by atoms with Gasteiger partial charge in [-0.25, -0.2) is 0 Å². The predicted octanol–water partition coefficient (Wildman–Crippen LogP) is 10.2. The van der Waals surface area contributed by atoms with Gasteiger partial charge in [0.15, 0.2) is 0 Å². The lowest BCUT2D eigenvalue weighted by molar-refractivity contribution is -0.137. The largest absolute Gasteiger partial charge is 0.457 e.